The minimum absolute atomic E-state index is 0. The van der Waals surface area contributed by atoms with E-state index in [0.717, 1.165) is 28.6 Å². The van der Waals surface area contributed by atoms with Crippen LogP contribution in [0.3, 0.4) is 0 Å². The van der Waals surface area contributed by atoms with Crippen molar-refractivity contribution in [2.24, 2.45) is 0 Å². The second-order valence-corrected chi connectivity index (χ2v) is 7.52. The van der Waals surface area contributed by atoms with Gasteiger partial charge in [0.25, 0.3) is 0 Å². The number of fused-ring (bicyclic) bond motifs is 1. The van der Waals surface area contributed by atoms with Crippen molar-refractivity contribution < 1.29 is 39.5 Å². The van der Waals surface area contributed by atoms with E-state index in [9.17, 15) is 9.90 Å². The van der Waals surface area contributed by atoms with Gasteiger partial charge in [0, 0.05) is 29.2 Å². The standard InChI is InChI=1S/C26H21N3O2.Na/c30-26(31)25-15-23(27-29(25)17-20-11-5-2-6-12-20)22-18-28(16-19-9-3-1-4-10-19)24-14-8-7-13-21(22)24;/h1-15,18H,16-17H2,(H,30,31);/q;+1/p-1. The zero-order valence-corrected chi connectivity index (χ0v) is 19.8. The Morgan fingerprint density at radius 2 is 1.41 bits per heavy atom. The third kappa shape index (κ3) is 4.41. The first-order chi connectivity index (χ1) is 15.2. The van der Waals surface area contributed by atoms with Crippen LogP contribution in [0.1, 0.15) is 21.6 Å². The molecule has 0 atom stereocenters. The van der Waals surface area contributed by atoms with Crippen molar-refractivity contribution in [3.05, 3.63) is 114 Å². The van der Waals surface area contributed by atoms with Gasteiger partial charge < -0.3 is 14.5 Å². The summed E-state index contributed by atoms with van der Waals surface area (Å²) < 4.78 is 3.68. The molecule has 0 N–H and O–H groups in total. The van der Waals surface area contributed by atoms with Crippen LogP contribution in [0.4, 0.5) is 0 Å². The molecular formula is C26H20N3NaO2. The summed E-state index contributed by atoms with van der Waals surface area (Å²) in [6.07, 6.45) is 2.05. The van der Waals surface area contributed by atoms with Gasteiger partial charge in [-0.25, -0.2) is 0 Å². The Labute approximate surface area is 208 Å². The molecule has 32 heavy (non-hydrogen) atoms. The number of hydrogen-bond acceptors (Lipinski definition) is 3. The smallest absolute Gasteiger partial charge is 0.543 e. The molecule has 2 heterocycles. The third-order valence-electron chi connectivity index (χ3n) is 5.42. The molecule has 5 aromatic rings. The summed E-state index contributed by atoms with van der Waals surface area (Å²) in [5.41, 5.74) is 4.85. The van der Waals surface area contributed by atoms with Crippen molar-refractivity contribution in [3.63, 3.8) is 0 Å². The van der Waals surface area contributed by atoms with Gasteiger partial charge in [0.05, 0.1) is 23.9 Å². The van der Waals surface area contributed by atoms with Gasteiger partial charge >= 0.3 is 29.6 Å². The number of aromatic nitrogens is 3. The number of aromatic carboxylic acids is 1. The topological polar surface area (TPSA) is 62.9 Å². The number of nitrogens with zero attached hydrogens (tertiary/aromatic N) is 3. The first-order valence-corrected chi connectivity index (χ1v) is 10.1. The van der Waals surface area contributed by atoms with Gasteiger partial charge in [0.15, 0.2) is 0 Å². The normalized spacial score (nSPS) is 10.8. The fourth-order valence-corrected chi connectivity index (χ4v) is 3.95. The molecule has 0 saturated heterocycles. The molecule has 5 nitrogen and oxygen atoms in total. The molecule has 6 heteroatoms. The second kappa shape index (κ2) is 9.57. The van der Waals surface area contributed by atoms with Crippen molar-refractivity contribution in [2.75, 3.05) is 0 Å². The SMILES string of the molecule is O=C([O-])c1cc(-c2cn(Cc3ccccc3)c3ccccc23)nn1Cc1ccccc1.[Na+]. The molecule has 5 rings (SSSR count). The first-order valence-electron chi connectivity index (χ1n) is 10.1. The molecule has 0 aliphatic heterocycles. The van der Waals surface area contributed by atoms with E-state index >= 15 is 0 Å². The molecule has 0 fully saturated rings. The number of carboxylic acids is 1. The number of para-hydroxylation sites is 1. The largest absolute Gasteiger partial charge is 1.00 e. The Balaban J connectivity index is 0.00000245. The Morgan fingerprint density at radius 3 is 2.06 bits per heavy atom. The molecule has 0 radical (unpaired) electrons. The monoisotopic (exact) mass is 429 g/mol. The van der Waals surface area contributed by atoms with Gasteiger partial charge in [-0.3, -0.25) is 4.68 Å². The second-order valence-electron chi connectivity index (χ2n) is 7.52. The van der Waals surface area contributed by atoms with E-state index in [0.29, 0.717) is 12.2 Å². The summed E-state index contributed by atoms with van der Waals surface area (Å²) in [5, 5.41) is 17.5. The molecule has 0 unspecified atom stereocenters. The van der Waals surface area contributed by atoms with Crippen LogP contribution in [0, 0.1) is 0 Å². The summed E-state index contributed by atoms with van der Waals surface area (Å²) in [5.74, 6) is -1.23. The van der Waals surface area contributed by atoms with E-state index in [1.54, 1.807) is 6.07 Å². The molecule has 0 aliphatic rings. The molecule has 0 saturated carbocycles. The van der Waals surface area contributed by atoms with Gasteiger partial charge in [-0.05, 0) is 23.3 Å². The minimum Gasteiger partial charge on any atom is -0.543 e. The Bertz CT molecular complexity index is 1360. The summed E-state index contributed by atoms with van der Waals surface area (Å²) in [4.78, 5) is 11.8. The van der Waals surface area contributed by atoms with Crippen LogP contribution in [-0.4, -0.2) is 20.3 Å². The Morgan fingerprint density at radius 1 is 0.812 bits per heavy atom. The summed E-state index contributed by atoms with van der Waals surface area (Å²) in [6, 6.07) is 29.6. The minimum atomic E-state index is -1.23. The van der Waals surface area contributed by atoms with E-state index in [1.807, 2.05) is 72.9 Å². The van der Waals surface area contributed by atoms with Crippen LogP contribution in [0.2, 0.25) is 0 Å². The maximum Gasteiger partial charge on any atom is 1.00 e. The average Bonchev–Trinajstić information content (AvgIpc) is 3.37. The number of carbonyl (C=O) groups excluding carboxylic acids is 1. The fourth-order valence-electron chi connectivity index (χ4n) is 3.95. The van der Waals surface area contributed by atoms with Gasteiger partial charge in [-0.15, -0.1) is 0 Å². The maximum absolute atomic E-state index is 11.8. The van der Waals surface area contributed by atoms with Crippen LogP contribution in [0.5, 0.6) is 0 Å². The number of rotatable bonds is 6. The van der Waals surface area contributed by atoms with Crippen molar-refractivity contribution >= 4 is 16.9 Å². The van der Waals surface area contributed by atoms with E-state index in [-0.39, 0.29) is 35.3 Å². The fraction of sp³-hybridized carbons (Fsp3) is 0.0769. The summed E-state index contributed by atoms with van der Waals surface area (Å²) in [6.45, 7) is 1.09. The van der Waals surface area contributed by atoms with E-state index in [1.165, 1.54) is 10.2 Å². The van der Waals surface area contributed by atoms with Crippen molar-refractivity contribution in [1.82, 2.24) is 14.3 Å². The van der Waals surface area contributed by atoms with Crippen LogP contribution in [0.25, 0.3) is 22.2 Å². The molecule has 152 valence electrons. The number of hydrogen-bond donors (Lipinski definition) is 0. The summed E-state index contributed by atoms with van der Waals surface area (Å²) in [7, 11) is 0. The molecule has 0 amide bonds. The van der Waals surface area contributed by atoms with Crippen LogP contribution < -0.4 is 34.7 Å². The molecule has 0 bridgehead atoms. The Kier molecular flexibility index (Phi) is 6.61. The summed E-state index contributed by atoms with van der Waals surface area (Å²) >= 11 is 0. The van der Waals surface area contributed by atoms with Crippen molar-refractivity contribution in [1.29, 1.82) is 0 Å². The zero-order valence-electron chi connectivity index (χ0n) is 17.8. The van der Waals surface area contributed by atoms with Crippen molar-refractivity contribution in [2.45, 2.75) is 13.1 Å². The Hall–Kier alpha value is -3.12. The predicted molar refractivity (Wildman–Crippen MR) is 119 cm³/mol. The number of carbonyl (C=O) groups is 1. The molecular weight excluding hydrogens is 409 g/mol. The van der Waals surface area contributed by atoms with Crippen molar-refractivity contribution in [3.8, 4) is 11.3 Å². The maximum atomic E-state index is 11.8. The van der Waals surface area contributed by atoms with Gasteiger partial charge in [-0.1, -0.05) is 78.9 Å². The van der Waals surface area contributed by atoms with E-state index < -0.39 is 5.97 Å². The van der Waals surface area contributed by atoms with Gasteiger partial charge in [0.2, 0.25) is 0 Å². The van der Waals surface area contributed by atoms with Crippen LogP contribution >= 0.6 is 0 Å². The quantitative estimate of drug-likeness (QED) is 0.378. The predicted octanol–water partition coefficient (Wildman–Crippen LogP) is 0.969. The van der Waals surface area contributed by atoms with Crippen LogP contribution in [-0.2, 0) is 13.1 Å². The molecule has 0 spiro atoms. The molecule has 2 aromatic heterocycles. The average molecular weight is 429 g/mol. The zero-order chi connectivity index (χ0) is 21.2. The van der Waals surface area contributed by atoms with Crippen LogP contribution in [0.15, 0.2) is 97.2 Å². The van der Waals surface area contributed by atoms with Gasteiger partial charge in [0.1, 0.15) is 0 Å². The molecule has 0 aliphatic carbocycles. The van der Waals surface area contributed by atoms with E-state index in [2.05, 4.69) is 27.9 Å². The molecule has 3 aromatic carbocycles. The van der Waals surface area contributed by atoms with E-state index in [4.69, 9.17) is 0 Å². The van der Waals surface area contributed by atoms with Gasteiger partial charge in [-0.2, -0.15) is 5.10 Å². The number of carboxylic acid groups (broad SMARTS) is 1. The third-order valence-corrected chi connectivity index (χ3v) is 5.42. The first kappa shape index (κ1) is 22.1. The number of benzene rings is 3.